The number of hydrogen-bond donors (Lipinski definition) is 1. The predicted molar refractivity (Wildman–Crippen MR) is 107 cm³/mol. The quantitative estimate of drug-likeness (QED) is 0.432. The summed E-state index contributed by atoms with van der Waals surface area (Å²) in [5, 5.41) is 11.2. The number of nitrogens with zero attached hydrogens (tertiary/aromatic N) is 2. The van der Waals surface area contributed by atoms with Crippen LogP contribution in [0.4, 0.5) is 0 Å². The lowest BCUT2D eigenvalue weighted by molar-refractivity contribution is -0.118. The summed E-state index contributed by atoms with van der Waals surface area (Å²) in [7, 11) is 1.61. The van der Waals surface area contributed by atoms with Crippen molar-refractivity contribution in [3.05, 3.63) is 54.6 Å². The minimum Gasteiger partial charge on any atom is -0.497 e. The van der Waals surface area contributed by atoms with Crippen molar-refractivity contribution in [2.75, 3.05) is 25.2 Å². The molecule has 0 saturated carbocycles. The van der Waals surface area contributed by atoms with E-state index in [0.29, 0.717) is 17.7 Å². The minimum atomic E-state index is -0.0575. The van der Waals surface area contributed by atoms with Crippen molar-refractivity contribution in [2.24, 2.45) is 0 Å². The van der Waals surface area contributed by atoms with Gasteiger partial charge in [-0.25, -0.2) is 0 Å². The van der Waals surface area contributed by atoms with E-state index in [-0.39, 0.29) is 11.7 Å². The Hall–Kier alpha value is -2.45. The molecule has 3 aromatic rings. The van der Waals surface area contributed by atoms with E-state index in [1.807, 2.05) is 42.5 Å². The van der Waals surface area contributed by atoms with Crippen molar-refractivity contribution in [3.8, 4) is 17.2 Å². The average Bonchev–Trinajstić information content (AvgIpc) is 3.19. The second kappa shape index (κ2) is 10.0. The van der Waals surface area contributed by atoms with Crippen molar-refractivity contribution in [1.82, 2.24) is 15.5 Å². The maximum absolute atomic E-state index is 11.9. The zero-order valence-corrected chi connectivity index (χ0v) is 16.4. The number of benzene rings is 2. The van der Waals surface area contributed by atoms with Crippen molar-refractivity contribution in [3.63, 3.8) is 0 Å². The van der Waals surface area contributed by atoms with Gasteiger partial charge in [0.2, 0.25) is 11.8 Å². The minimum absolute atomic E-state index is 0.0575. The molecule has 0 aliphatic rings. The number of thioether (sulfide) groups is 2. The molecule has 1 heterocycles. The van der Waals surface area contributed by atoms with E-state index in [1.54, 1.807) is 18.9 Å². The van der Waals surface area contributed by atoms with Crippen LogP contribution in [-0.2, 0) is 4.79 Å². The fourth-order valence-electron chi connectivity index (χ4n) is 2.17. The molecule has 0 spiro atoms. The highest BCUT2D eigenvalue weighted by Crippen LogP contribution is 2.24. The highest BCUT2D eigenvalue weighted by atomic mass is 32.2. The topological polar surface area (TPSA) is 77.2 Å². The van der Waals surface area contributed by atoms with Gasteiger partial charge < -0.3 is 14.5 Å². The lowest BCUT2D eigenvalue weighted by atomic mass is 10.2. The first-order chi connectivity index (χ1) is 13.2. The molecular weight excluding hydrogens is 382 g/mol. The Kier molecular flexibility index (Phi) is 7.18. The molecule has 1 aromatic heterocycles. The van der Waals surface area contributed by atoms with Crippen LogP contribution in [0.5, 0.6) is 5.75 Å². The Morgan fingerprint density at radius 2 is 1.85 bits per heavy atom. The molecule has 6 nitrogen and oxygen atoms in total. The largest absolute Gasteiger partial charge is 0.497 e. The third-order valence-corrected chi connectivity index (χ3v) is 5.34. The summed E-state index contributed by atoms with van der Waals surface area (Å²) >= 11 is 2.93. The van der Waals surface area contributed by atoms with Crippen LogP contribution in [0.15, 0.2) is 69.1 Å². The molecule has 27 heavy (non-hydrogen) atoms. The molecule has 0 saturated heterocycles. The molecule has 3 rings (SSSR count). The number of carbonyl (C=O) groups excluding carboxylic acids is 1. The lowest BCUT2D eigenvalue weighted by Gasteiger charge is -2.04. The van der Waals surface area contributed by atoms with E-state index in [9.17, 15) is 4.79 Å². The van der Waals surface area contributed by atoms with E-state index >= 15 is 0 Å². The van der Waals surface area contributed by atoms with Gasteiger partial charge in [-0.3, -0.25) is 4.79 Å². The van der Waals surface area contributed by atoms with Crippen molar-refractivity contribution in [2.45, 2.75) is 10.1 Å². The lowest BCUT2D eigenvalue weighted by Crippen LogP contribution is -2.27. The summed E-state index contributed by atoms with van der Waals surface area (Å²) in [4.78, 5) is 13.1. The maximum Gasteiger partial charge on any atom is 0.277 e. The van der Waals surface area contributed by atoms with E-state index in [1.165, 1.54) is 16.7 Å². The summed E-state index contributed by atoms with van der Waals surface area (Å²) in [5.74, 6) is 2.18. The van der Waals surface area contributed by atoms with Crippen LogP contribution in [0, 0.1) is 0 Å². The molecule has 0 unspecified atom stereocenters. The number of amides is 1. The SMILES string of the molecule is COc1ccc(-c2nnc(SCC(=O)NCCSc3ccccc3)o2)cc1. The van der Waals surface area contributed by atoms with Crippen molar-refractivity contribution in [1.29, 1.82) is 0 Å². The van der Waals surface area contributed by atoms with Gasteiger partial charge >= 0.3 is 0 Å². The van der Waals surface area contributed by atoms with Gasteiger partial charge in [-0.2, -0.15) is 0 Å². The highest BCUT2D eigenvalue weighted by molar-refractivity contribution is 7.99. The van der Waals surface area contributed by atoms with Crippen molar-refractivity contribution >= 4 is 29.4 Å². The van der Waals surface area contributed by atoms with Crippen LogP contribution in [0.1, 0.15) is 0 Å². The number of nitrogens with one attached hydrogen (secondary N) is 1. The first-order valence-corrected chi connectivity index (χ1v) is 10.3. The zero-order valence-electron chi connectivity index (χ0n) is 14.8. The Bertz CT molecular complexity index is 854. The van der Waals surface area contributed by atoms with Crippen LogP contribution in [0.3, 0.4) is 0 Å². The average molecular weight is 402 g/mol. The van der Waals surface area contributed by atoms with Gasteiger partial charge in [-0.1, -0.05) is 30.0 Å². The van der Waals surface area contributed by atoms with Crippen molar-refractivity contribution < 1.29 is 13.9 Å². The van der Waals surface area contributed by atoms with Gasteiger partial charge in [0.1, 0.15) is 5.75 Å². The molecule has 0 radical (unpaired) electrons. The zero-order chi connectivity index (χ0) is 18.9. The van der Waals surface area contributed by atoms with Gasteiger partial charge in [-0.05, 0) is 36.4 Å². The summed E-state index contributed by atoms with van der Waals surface area (Å²) in [5.41, 5.74) is 0.803. The van der Waals surface area contributed by atoms with E-state index in [2.05, 4.69) is 27.6 Å². The van der Waals surface area contributed by atoms with Gasteiger partial charge in [0.05, 0.1) is 12.9 Å². The Morgan fingerprint density at radius 3 is 2.59 bits per heavy atom. The number of carbonyl (C=O) groups is 1. The summed E-state index contributed by atoms with van der Waals surface area (Å²) < 4.78 is 10.7. The first-order valence-electron chi connectivity index (χ1n) is 8.30. The number of hydrogen-bond acceptors (Lipinski definition) is 7. The Balaban J connectivity index is 1.39. The summed E-state index contributed by atoms with van der Waals surface area (Å²) in [6, 6.07) is 17.4. The standard InChI is InChI=1S/C19H19N3O3S2/c1-24-15-9-7-14(8-10-15)18-21-22-19(25-18)27-13-17(23)20-11-12-26-16-5-3-2-4-6-16/h2-10H,11-13H2,1H3,(H,20,23). The fourth-order valence-corrected chi connectivity index (χ4v) is 3.56. The molecule has 0 aliphatic heterocycles. The number of rotatable bonds is 9. The molecule has 0 fully saturated rings. The van der Waals surface area contributed by atoms with Crippen LogP contribution in [0.2, 0.25) is 0 Å². The van der Waals surface area contributed by atoms with E-state index < -0.39 is 0 Å². The van der Waals surface area contributed by atoms with E-state index in [0.717, 1.165) is 17.1 Å². The molecular formula is C19H19N3O3S2. The van der Waals surface area contributed by atoms with E-state index in [4.69, 9.17) is 9.15 Å². The third kappa shape index (κ3) is 6.04. The molecule has 0 bridgehead atoms. The van der Waals surface area contributed by atoms with Crippen LogP contribution < -0.4 is 10.1 Å². The monoisotopic (exact) mass is 401 g/mol. The number of aromatic nitrogens is 2. The fraction of sp³-hybridized carbons (Fsp3) is 0.211. The molecule has 0 aliphatic carbocycles. The Morgan fingerprint density at radius 1 is 1.07 bits per heavy atom. The van der Waals surface area contributed by atoms with Crippen LogP contribution in [-0.4, -0.2) is 41.3 Å². The van der Waals surface area contributed by atoms with Gasteiger partial charge in [0.25, 0.3) is 5.22 Å². The van der Waals surface area contributed by atoms with Crippen LogP contribution in [0.25, 0.3) is 11.5 Å². The molecule has 1 amide bonds. The maximum atomic E-state index is 11.9. The first kappa shape index (κ1) is 19.3. The second-order valence-corrected chi connectivity index (χ2v) is 7.50. The second-order valence-electron chi connectivity index (χ2n) is 5.40. The predicted octanol–water partition coefficient (Wildman–Crippen LogP) is 3.75. The Labute approximate surface area is 166 Å². The highest BCUT2D eigenvalue weighted by Gasteiger charge is 2.11. The smallest absolute Gasteiger partial charge is 0.277 e. The van der Waals surface area contributed by atoms with Gasteiger partial charge in [-0.15, -0.1) is 22.0 Å². The summed E-state index contributed by atoms with van der Waals surface area (Å²) in [6.45, 7) is 0.611. The molecule has 140 valence electrons. The third-order valence-electron chi connectivity index (χ3n) is 3.51. The van der Waals surface area contributed by atoms with Gasteiger partial charge in [0, 0.05) is 22.8 Å². The van der Waals surface area contributed by atoms with Gasteiger partial charge in [0.15, 0.2) is 0 Å². The normalized spacial score (nSPS) is 10.6. The molecule has 2 aromatic carbocycles. The molecule has 1 N–H and O–H groups in total. The summed E-state index contributed by atoms with van der Waals surface area (Å²) in [6.07, 6.45) is 0. The van der Waals surface area contributed by atoms with Crippen LogP contribution >= 0.6 is 23.5 Å². The number of ether oxygens (including phenoxy) is 1. The molecule has 0 atom stereocenters. The molecule has 8 heteroatoms. The number of methoxy groups -OCH3 is 1.